The van der Waals surface area contributed by atoms with E-state index in [1.54, 1.807) is 0 Å². The van der Waals surface area contributed by atoms with E-state index in [9.17, 15) is 0 Å². The fourth-order valence-electron chi connectivity index (χ4n) is 2.31. The first kappa shape index (κ1) is 13.2. The zero-order chi connectivity index (χ0) is 13.2. The lowest BCUT2D eigenvalue weighted by molar-refractivity contribution is 1.03. The molecule has 1 aliphatic carbocycles. The Labute approximate surface area is 130 Å². The minimum Gasteiger partial charge on any atom is -0.380 e. The molecule has 98 valence electrons. The number of anilines is 1. The Morgan fingerprint density at radius 2 is 1.84 bits per heavy atom. The van der Waals surface area contributed by atoms with Gasteiger partial charge in [-0.05, 0) is 64.0 Å². The molecule has 2 aromatic carbocycles. The molecule has 2 aromatic rings. The molecule has 0 bridgehead atoms. The highest BCUT2D eigenvalue weighted by Gasteiger charge is 2.25. The number of benzene rings is 2. The quantitative estimate of drug-likeness (QED) is 0.717. The number of nitrogens with one attached hydrogen (secondary N) is 1. The van der Waals surface area contributed by atoms with Crippen LogP contribution in [-0.2, 0) is 6.54 Å². The van der Waals surface area contributed by atoms with Gasteiger partial charge in [0.15, 0.2) is 0 Å². The van der Waals surface area contributed by atoms with Crippen LogP contribution in [0, 0.1) is 0 Å². The third-order valence-corrected chi connectivity index (χ3v) is 4.62. The number of hydrogen-bond donors (Lipinski definition) is 1. The van der Waals surface area contributed by atoms with Gasteiger partial charge in [0.2, 0.25) is 0 Å². The molecule has 0 radical (unpaired) electrons. The van der Waals surface area contributed by atoms with Crippen LogP contribution in [0.5, 0.6) is 0 Å². The van der Waals surface area contributed by atoms with E-state index >= 15 is 0 Å². The summed E-state index contributed by atoms with van der Waals surface area (Å²) in [5.74, 6) is 0.798. The summed E-state index contributed by atoms with van der Waals surface area (Å²) in [4.78, 5) is 0. The van der Waals surface area contributed by atoms with Crippen LogP contribution in [-0.4, -0.2) is 0 Å². The van der Waals surface area contributed by atoms with Crippen molar-refractivity contribution in [1.29, 1.82) is 0 Å². The summed E-state index contributed by atoms with van der Waals surface area (Å²) in [5, 5.41) is 3.51. The van der Waals surface area contributed by atoms with Crippen LogP contribution in [0.1, 0.15) is 29.9 Å². The van der Waals surface area contributed by atoms with Gasteiger partial charge in [-0.2, -0.15) is 0 Å². The van der Waals surface area contributed by atoms with Gasteiger partial charge in [0.1, 0.15) is 0 Å². The topological polar surface area (TPSA) is 12.0 Å². The van der Waals surface area contributed by atoms with Crippen molar-refractivity contribution in [1.82, 2.24) is 0 Å². The van der Waals surface area contributed by atoms with Gasteiger partial charge in [0.25, 0.3) is 0 Å². The van der Waals surface area contributed by atoms with E-state index in [2.05, 4.69) is 79.6 Å². The van der Waals surface area contributed by atoms with Crippen LogP contribution in [0.25, 0.3) is 0 Å². The smallest absolute Gasteiger partial charge is 0.0488 e. The van der Waals surface area contributed by atoms with Gasteiger partial charge in [0, 0.05) is 21.2 Å². The Hall–Kier alpha value is -0.800. The van der Waals surface area contributed by atoms with E-state index in [0.29, 0.717) is 0 Å². The molecule has 0 heterocycles. The van der Waals surface area contributed by atoms with E-state index in [1.165, 1.54) is 24.0 Å². The predicted octanol–water partition coefficient (Wildman–Crippen LogP) is 5.70. The second-order valence-corrected chi connectivity index (χ2v) is 6.72. The van der Waals surface area contributed by atoms with Crippen molar-refractivity contribution in [2.24, 2.45) is 0 Å². The molecule has 1 aliphatic rings. The highest BCUT2D eigenvalue weighted by molar-refractivity contribution is 9.11. The van der Waals surface area contributed by atoms with E-state index in [-0.39, 0.29) is 0 Å². The van der Waals surface area contributed by atoms with Crippen LogP contribution in [0.2, 0.25) is 0 Å². The van der Waals surface area contributed by atoms with E-state index in [1.807, 2.05) is 0 Å². The summed E-state index contributed by atoms with van der Waals surface area (Å²) in [5.41, 5.74) is 4.07. The molecule has 3 heteroatoms. The molecule has 1 nitrogen and oxygen atoms in total. The number of halogens is 2. The minimum absolute atomic E-state index is 0.798. The molecule has 0 unspecified atom stereocenters. The lowest BCUT2D eigenvalue weighted by atomic mass is 10.0. The third-order valence-electron chi connectivity index (χ3n) is 3.47. The summed E-state index contributed by atoms with van der Waals surface area (Å²) in [6, 6.07) is 15.0. The lowest BCUT2D eigenvalue weighted by Gasteiger charge is -2.12. The first-order chi connectivity index (χ1) is 9.24. The van der Waals surface area contributed by atoms with Gasteiger partial charge >= 0.3 is 0 Å². The largest absolute Gasteiger partial charge is 0.380 e. The summed E-state index contributed by atoms with van der Waals surface area (Å²) < 4.78 is 2.18. The van der Waals surface area contributed by atoms with Crippen LogP contribution < -0.4 is 5.32 Å². The normalized spacial score (nSPS) is 14.4. The van der Waals surface area contributed by atoms with Crippen LogP contribution >= 0.6 is 31.9 Å². The van der Waals surface area contributed by atoms with Gasteiger partial charge in [-0.15, -0.1) is 0 Å². The Kier molecular flexibility index (Phi) is 3.94. The molecular formula is C16H15Br2N. The first-order valence-electron chi connectivity index (χ1n) is 6.51. The molecule has 0 spiro atoms. The zero-order valence-electron chi connectivity index (χ0n) is 10.5. The van der Waals surface area contributed by atoms with Gasteiger partial charge < -0.3 is 5.32 Å². The maximum Gasteiger partial charge on any atom is 0.0488 e. The number of rotatable bonds is 4. The van der Waals surface area contributed by atoms with E-state index < -0.39 is 0 Å². The lowest BCUT2D eigenvalue weighted by Crippen LogP contribution is -2.02. The maximum atomic E-state index is 3.59. The highest BCUT2D eigenvalue weighted by atomic mass is 79.9. The minimum atomic E-state index is 0.798. The van der Waals surface area contributed by atoms with Gasteiger partial charge in [-0.3, -0.25) is 0 Å². The zero-order valence-corrected chi connectivity index (χ0v) is 13.7. The highest BCUT2D eigenvalue weighted by Crippen LogP contribution is 2.41. The Morgan fingerprint density at radius 1 is 1.05 bits per heavy atom. The van der Waals surface area contributed by atoms with E-state index in [0.717, 1.165) is 27.1 Å². The van der Waals surface area contributed by atoms with Crippen molar-refractivity contribution < 1.29 is 0 Å². The van der Waals surface area contributed by atoms with Crippen molar-refractivity contribution in [2.75, 3.05) is 5.32 Å². The molecule has 0 aliphatic heterocycles. The molecule has 0 aromatic heterocycles. The first-order valence-corrected chi connectivity index (χ1v) is 8.09. The van der Waals surface area contributed by atoms with Gasteiger partial charge in [0.05, 0.1) is 0 Å². The maximum absolute atomic E-state index is 3.59. The Balaban J connectivity index is 1.75. The standard InChI is InChI=1S/C16H15Br2N/c17-13-7-8-16(15(18)9-13)19-10-12-3-1-2-4-14(12)11-5-6-11/h1-4,7-9,11,19H,5-6,10H2. The average Bonchev–Trinajstić information content (AvgIpc) is 3.22. The van der Waals surface area contributed by atoms with Crippen molar-refractivity contribution >= 4 is 37.5 Å². The van der Waals surface area contributed by atoms with Crippen molar-refractivity contribution in [3.8, 4) is 0 Å². The van der Waals surface area contributed by atoms with Crippen molar-refractivity contribution in [3.05, 3.63) is 62.5 Å². The third kappa shape index (κ3) is 3.21. The fourth-order valence-corrected chi connectivity index (χ4v) is 3.50. The Bertz CT molecular complexity index is 591. The van der Waals surface area contributed by atoms with Crippen molar-refractivity contribution in [2.45, 2.75) is 25.3 Å². The molecule has 0 saturated heterocycles. The molecule has 1 saturated carbocycles. The SMILES string of the molecule is Brc1ccc(NCc2ccccc2C2CC2)c(Br)c1. The molecule has 3 rings (SSSR count). The van der Waals surface area contributed by atoms with Crippen LogP contribution in [0.15, 0.2) is 51.4 Å². The molecule has 0 atom stereocenters. The summed E-state index contributed by atoms with van der Waals surface area (Å²) in [6.07, 6.45) is 2.69. The fraction of sp³-hybridized carbons (Fsp3) is 0.250. The Morgan fingerprint density at radius 3 is 2.58 bits per heavy atom. The molecule has 0 amide bonds. The second-order valence-electron chi connectivity index (χ2n) is 4.95. The van der Waals surface area contributed by atoms with Crippen LogP contribution in [0.4, 0.5) is 5.69 Å². The monoisotopic (exact) mass is 379 g/mol. The average molecular weight is 381 g/mol. The summed E-state index contributed by atoms with van der Waals surface area (Å²) >= 11 is 7.06. The summed E-state index contributed by atoms with van der Waals surface area (Å²) in [7, 11) is 0. The number of hydrogen-bond acceptors (Lipinski definition) is 1. The van der Waals surface area contributed by atoms with Gasteiger partial charge in [-0.1, -0.05) is 40.2 Å². The van der Waals surface area contributed by atoms with Crippen molar-refractivity contribution in [3.63, 3.8) is 0 Å². The van der Waals surface area contributed by atoms with E-state index in [4.69, 9.17) is 0 Å². The molecule has 19 heavy (non-hydrogen) atoms. The van der Waals surface area contributed by atoms with Gasteiger partial charge in [-0.25, -0.2) is 0 Å². The second kappa shape index (κ2) is 5.68. The molecule has 1 N–H and O–H groups in total. The molecular weight excluding hydrogens is 366 g/mol. The predicted molar refractivity (Wildman–Crippen MR) is 87.6 cm³/mol. The molecule has 1 fully saturated rings. The summed E-state index contributed by atoms with van der Waals surface area (Å²) in [6.45, 7) is 0.882. The van der Waals surface area contributed by atoms with Crippen LogP contribution in [0.3, 0.4) is 0 Å².